The summed E-state index contributed by atoms with van der Waals surface area (Å²) < 4.78 is 27.4. The van der Waals surface area contributed by atoms with Gasteiger partial charge in [0.15, 0.2) is 0 Å². The number of aryl methyl sites for hydroxylation is 2. The minimum Gasteiger partial charge on any atom is -0.381 e. The first-order chi connectivity index (χ1) is 9.51. The summed E-state index contributed by atoms with van der Waals surface area (Å²) in [6.07, 6.45) is 0. The van der Waals surface area contributed by atoms with Gasteiger partial charge in [-0.2, -0.15) is 5.26 Å². The molecule has 0 bridgehead atoms. The van der Waals surface area contributed by atoms with E-state index in [1.807, 2.05) is 32.0 Å². The van der Waals surface area contributed by atoms with Crippen LogP contribution in [0.3, 0.4) is 0 Å². The Kier molecular flexibility index (Phi) is 3.99. The molecular weight excluding hydrogens is 258 g/mol. The Morgan fingerprint density at radius 3 is 2.25 bits per heavy atom. The lowest BCUT2D eigenvalue weighted by Gasteiger charge is -2.10. The van der Waals surface area contributed by atoms with Crippen molar-refractivity contribution in [3.05, 3.63) is 64.2 Å². The van der Waals surface area contributed by atoms with Crippen LogP contribution in [-0.4, -0.2) is 0 Å². The molecule has 0 heterocycles. The zero-order valence-electron chi connectivity index (χ0n) is 11.3. The molecule has 0 aliphatic heterocycles. The molecule has 0 fully saturated rings. The van der Waals surface area contributed by atoms with E-state index < -0.39 is 11.6 Å². The zero-order valence-corrected chi connectivity index (χ0v) is 11.3. The lowest BCUT2D eigenvalue weighted by molar-refractivity contribution is 0.559. The number of nitrogens with one attached hydrogen (secondary N) is 1. The van der Waals surface area contributed by atoms with Crippen molar-refractivity contribution in [1.29, 1.82) is 5.26 Å². The number of hydrogen-bond donors (Lipinski definition) is 1. The van der Waals surface area contributed by atoms with Crippen molar-refractivity contribution < 1.29 is 8.78 Å². The predicted octanol–water partition coefficient (Wildman–Crippen LogP) is 4.07. The maximum Gasteiger partial charge on any atom is 0.132 e. The average molecular weight is 272 g/mol. The number of anilines is 1. The van der Waals surface area contributed by atoms with Crippen molar-refractivity contribution >= 4 is 5.69 Å². The SMILES string of the molecule is Cc1ccc(NCc2c(F)cc(C#N)cc2F)cc1C. The molecule has 1 N–H and O–H groups in total. The second-order valence-corrected chi connectivity index (χ2v) is 4.68. The molecule has 2 rings (SSSR count). The average Bonchev–Trinajstić information content (AvgIpc) is 2.41. The highest BCUT2D eigenvalue weighted by atomic mass is 19.1. The maximum absolute atomic E-state index is 13.7. The van der Waals surface area contributed by atoms with Gasteiger partial charge in [0.1, 0.15) is 11.6 Å². The van der Waals surface area contributed by atoms with E-state index in [1.54, 1.807) is 6.07 Å². The number of hydrogen-bond acceptors (Lipinski definition) is 2. The summed E-state index contributed by atoms with van der Waals surface area (Å²) in [5.74, 6) is -1.42. The molecule has 102 valence electrons. The molecular formula is C16H14F2N2. The number of nitriles is 1. The molecule has 0 saturated heterocycles. The molecule has 0 aliphatic carbocycles. The fraction of sp³-hybridized carbons (Fsp3) is 0.188. The van der Waals surface area contributed by atoms with E-state index in [4.69, 9.17) is 5.26 Å². The molecule has 0 radical (unpaired) electrons. The summed E-state index contributed by atoms with van der Waals surface area (Å²) in [4.78, 5) is 0. The summed E-state index contributed by atoms with van der Waals surface area (Å²) in [5, 5.41) is 11.6. The molecule has 4 heteroatoms. The highest BCUT2D eigenvalue weighted by Crippen LogP contribution is 2.19. The Labute approximate surface area is 116 Å². The number of benzene rings is 2. The molecule has 2 nitrogen and oxygen atoms in total. The monoisotopic (exact) mass is 272 g/mol. The minimum absolute atomic E-state index is 0.0186. The number of halogens is 2. The summed E-state index contributed by atoms with van der Waals surface area (Å²) >= 11 is 0. The Bertz CT molecular complexity index is 664. The van der Waals surface area contributed by atoms with Gasteiger partial charge in [-0.3, -0.25) is 0 Å². The summed E-state index contributed by atoms with van der Waals surface area (Å²) in [6.45, 7) is 4.01. The van der Waals surface area contributed by atoms with Gasteiger partial charge in [0.25, 0.3) is 0 Å². The fourth-order valence-corrected chi connectivity index (χ4v) is 1.88. The maximum atomic E-state index is 13.7. The lowest BCUT2D eigenvalue weighted by Crippen LogP contribution is -2.05. The molecule has 0 aromatic heterocycles. The van der Waals surface area contributed by atoms with E-state index in [2.05, 4.69) is 5.32 Å². The van der Waals surface area contributed by atoms with Crippen LogP contribution in [0.15, 0.2) is 30.3 Å². The third-order valence-electron chi connectivity index (χ3n) is 3.25. The molecule has 0 aliphatic rings. The van der Waals surface area contributed by atoms with Gasteiger partial charge < -0.3 is 5.32 Å². The summed E-state index contributed by atoms with van der Waals surface area (Å²) in [7, 11) is 0. The molecule has 2 aromatic carbocycles. The van der Waals surface area contributed by atoms with E-state index in [1.165, 1.54) is 0 Å². The molecule has 0 spiro atoms. The first-order valence-corrected chi connectivity index (χ1v) is 6.20. The molecule has 0 amide bonds. The van der Waals surface area contributed by atoms with Crippen molar-refractivity contribution in [3.8, 4) is 6.07 Å². The van der Waals surface area contributed by atoms with Gasteiger partial charge in [-0.15, -0.1) is 0 Å². The topological polar surface area (TPSA) is 35.8 Å². The van der Waals surface area contributed by atoms with E-state index in [-0.39, 0.29) is 17.7 Å². The minimum atomic E-state index is -0.710. The van der Waals surface area contributed by atoms with Gasteiger partial charge in [0, 0.05) is 17.8 Å². The normalized spacial score (nSPS) is 10.2. The van der Waals surface area contributed by atoms with Crippen LogP contribution in [0.4, 0.5) is 14.5 Å². The van der Waals surface area contributed by atoms with Crippen LogP contribution in [0.5, 0.6) is 0 Å². The van der Waals surface area contributed by atoms with Crippen LogP contribution in [-0.2, 0) is 6.54 Å². The Balaban J connectivity index is 2.19. The predicted molar refractivity (Wildman–Crippen MR) is 74.3 cm³/mol. The Hall–Kier alpha value is -2.41. The first kappa shape index (κ1) is 14.0. The third kappa shape index (κ3) is 2.94. The van der Waals surface area contributed by atoms with Gasteiger partial charge in [0.2, 0.25) is 0 Å². The molecule has 0 atom stereocenters. The van der Waals surface area contributed by atoms with Crippen LogP contribution >= 0.6 is 0 Å². The molecule has 20 heavy (non-hydrogen) atoms. The smallest absolute Gasteiger partial charge is 0.132 e. The standard InChI is InChI=1S/C16H14F2N2/c1-10-3-4-13(5-11(10)2)20-9-14-15(17)6-12(8-19)7-16(14)18/h3-7,20H,9H2,1-2H3. The van der Waals surface area contributed by atoms with E-state index in [9.17, 15) is 8.78 Å². The Morgan fingerprint density at radius 1 is 1.05 bits per heavy atom. The number of rotatable bonds is 3. The number of nitrogens with zero attached hydrogens (tertiary/aromatic N) is 1. The van der Waals surface area contributed by atoms with Crippen LogP contribution in [0.2, 0.25) is 0 Å². The lowest BCUT2D eigenvalue weighted by atomic mass is 10.1. The van der Waals surface area contributed by atoms with Crippen LogP contribution in [0.1, 0.15) is 22.3 Å². The fourth-order valence-electron chi connectivity index (χ4n) is 1.88. The van der Waals surface area contributed by atoms with Gasteiger partial charge in [-0.25, -0.2) is 8.78 Å². The molecule has 2 aromatic rings. The third-order valence-corrected chi connectivity index (χ3v) is 3.25. The van der Waals surface area contributed by atoms with E-state index in [0.29, 0.717) is 0 Å². The summed E-state index contributed by atoms with van der Waals surface area (Å²) in [6, 6.07) is 9.54. The van der Waals surface area contributed by atoms with Crippen LogP contribution < -0.4 is 5.32 Å². The van der Waals surface area contributed by atoms with Gasteiger partial charge in [0.05, 0.1) is 11.6 Å². The van der Waals surface area contributed by atoms with Crippen molar-refractivity contribution in [2.24, 2.45) is 0 Å². The van der Waals surface area contributed by atoms with E-state index >= 15 is 0 Å². The highest BCUT2D eigenvalue weighted by molar-refractivity contribution is 5.48. The van der Waals surface area contributed by atoms with Crippen molar-refractivity contribution in [2.75, 3.05) is 5.32 Å². The zero-order chi connectivity index (χ0) is 14.7. The van der Waals surface area contributed by atoms with E-state index in [0.717, 1.165) is 28.9 Å². The van der Waals surface area contributed by atoms with Crippen LogP contribution in [0, 0.1) is 36.8 Å². The molecule has 0 saturated carbocycles. The molecule has 0 unspecified atom stereocenters. The largest absolute Gasteiger partial charge is 0.381 e. The second-order valence-electron chi connectivity index (χ2n) is 4.68. The van der Waals surface area contributed by atoms with Gasteiger partial charge >= 0.3 is 0 Å². The first-order valence-electron chi connectivity index (χ1n) is 6.20. The van der Waals surface area contributed by atoms with Gasteiger partial charge in [-0.05, 0) is 49.2 Å². The van der Waals surface area contributed by atoms with Crippen LogP contribution in [0.25, 0.3) is 0 Å². The quantitative estimate of drug-likeness (QED) is 0.914. The summed E-state index contributed by atoms with van der Waals surface area (Å²) in [5.41, 5.74) is 2.98. The van der Waals surface area contributed by atoms with Gasteiger partial charge in [-0.1, -0.05) is 6.07 Å². The Morgan fingerprint density at radius 2 is 1.70 bits per heavy atom. The van der Waals surface area contributed by atoms with Crippen molar-refractivity contribution in [3.63, 3.8) is 0 Å². The second kappa shape index (κ2) is 5.70. The van der Waals surface area contributed by atoms with Crippen molar-refractivity contribution in [2.45, 2.75) is 20.4 Å². The van der Waals surface area contributed by atoms with Crippen molar-refractivity contribution in [1.82, 2.24) is 0 Å². The highest BCUT2D eigenvalue weighted by Gasteiger charge is 2.11.